The first kappa shape index (κ1) is 25.6. The highest BCUT2D eigenvalue weighted by Crippen LogP contribution is 2.60. The Balaban J connectivity index is 1.70. The number of aliphatic hydroxyl groups is 3. The van der Waals surface area contributed by atoms with Crippen LogP contribution in [-0.2, 0) is 0 Å². The third-order valence-electron chi connectivity index (χ3n) is 8.83. The van der Waals surface area contributed by atoms with E-state index in [-0.39, 0.29) is 17.8 Å². The molecule has 0 saturated heterocycles. The van der Waals surface area contributed by atoms with Gasteiger partial charge in [-0.25, -0.2) is 8.78 Å². The van der Waals surface area contributed by atoms with Crippen LogP contribution in [0.4, 0.5) is 8.78 Å². The lowest BCUT2D eigenvalue weighted by Gasteiger charge is -2.44. The first-order valence-corrected chi connectivity index (χ1v) is 12.3. The maximum Gasteiger partial charge on any atom is 0.275 e. The summed E-state index contributed by atoms with van der Waals surface area (Å²) >= 11 is 0. The molecule has 5 heteroatoms. The van der Waals surface area contributed by atoms with Crippen molar-refractivity contribution in [1.29, 1.82) is 0 Å². The molecule has 3 rings (SSSR count). The van der Waals surface area contributed by atoms with Crippen molar-refractivity contribution in [2.45, 2.75) is 109 Å². The summed E-state index contributed by atoms with van der Waals surface area (Å²) in [7, 11) is 0. The van der Waals surface area contributed by atoms with Crippen LogP contribution in [0, 0.1) is 23.2 Å². The van der Waals surface area contributed by atoms with E-state index in [0.717, 1.165) is 37.7 Å². The molecule has 3 nitrogen and oxygen atoms in total. The Morgan fingerprint density at radius 2 is 1.78 bits per heavy atom. The molecule has 0 bridgehead atoms. The van der Waals surface area contributed by atoms with Crippen LogP contribution in [0.3, 0.4) is 0 Å². The van der Waals surface area contributed by atoms with Crippen molar-refractivity contribution in [2.24, 2.45) is 23.2 Å². The normalized spacial score (nSPS) is 36.3. The van der Waals surface area contributed by atoms with Crippen LogP contribution in [-0.4, -0.2) is 39.1 Å². The number of halogens is 2. The quantitative estimate of drug-likeness (QED) is 0.437. The van der Waals surface area contributed by atoms with Crippen LogP contribution in [0.5, 0.6) is 0 Å². The fourth-order valence-corrected chi connectivity index (χ4v) is 6.56. The Morgan fingerprint density at radius 1 is 1.16 bits per heavy atom. The highest BCUT2D eigenvalue weighted by atomic mass is 19.3. The van der Waals surface area contributed by atoms with Gasteiger partial charge in [-0.2, -0.15) is 0 Å². The van der Waals surface area contributed by atoms with E-state index in [4.69, 9.17) is 0 Å². The molecule has 3 saturated carbocycles. The average molecular weight is 453 g/mol. The average Bonchev–Trinajstić information content (AvgIpc) is 3.05. The second kappa shape index (κ2) is 9.31. The predicted octanol–water partition coefficient (Wildman–Crippen LogP) is 5.95. The molecule has 6 atom stereocenters. The first-order valence-electron chi connectivity index (χ1n) is 12.3. The number of aliphatic hydroxyl groups excluding tert-OH is 2. The molecule has 3 aliphatic rings. The molecule has 2 unspecified atom stereocenters. The van der Waals surface area contributed by atoms with Crippen LogP contribution in [0.15, 0.2) is 35.5 Å². The van der Waals surface area contributed by atoms with E-state index in [2.05, 4.69) is 32.6 Å². The van der Waals surface area contributed by atoms with Gasteiger partial charge < -0.3 is 15.3 Å². The van der Waals surface area contributed by atoms with Crippen molar-refractivity contribution in [2.75, 3.05) is 0 Å². The summed E-state index contributed by atoms with van der Waals surface area (Å²) in [6.45, 7) is 10.6. The van der Waals surface area contributed by atoms with E-state index < -0.39 is 23.7 Å². The second-order valence-corrected chi connectivity index (χ2v) is 11.5. The maximum atomic E-state index is 14.3. The zero-order valence-corrected chi connectivity index (χ0v) is 20.2. The van der Waals surface area contributed by atoms with Crippen molar-refractivity contribution in [1.82, 2.24) is 0 Å². The molecule has 0 heterocycles. The molecular formula is C27H42F2O3. The van der Waals surface area contributed by atoms with Gasteiger partial charge >= 0.3 is 0 Å². The number of hydrogen-bond donors (Lipinski definition) is 3. The Morgan fingerprint density at radius 3 is 2.38 bits per heavy atom. The monoisotopic (exact) mass is 452 g/mol. The molecule has 3 fully saturated rings. The van der Waals surface area contributed by atoms with Crippen molar-refractivity contribution in [3.05, 3.63) is 35.5 Å². The molecule has 32 heavy (non-hydrogen) atoms. The van der Waals surface area contributed by atoms with Crippen LogP contribution in [0.1, 0.15) is 85.5 Å². The van der Waals surface area contributed by atoms with Crippen molar-refractivity contribution in [3.63, 3.8) is 0 Å². The third kappa shape index (κ3) is 5.05. The van der Waals surface area contributed by atoms with Gasteiger partial charge in [0.05, 0.1) is 12.2 Å². The standard InChI is InChI=1S/C27H42F2O3/c1-17(12-14-27(28,29)25(3,4)32)21-10-11-22-20(7-6-13-26(21,22)5)9-8-19-15-23(30)18(2)24(31)16-19/h8-9,17,21-24,30-32H,2,6-7,10-16H2,1,3-5H3/b20-9+/t17-,21?,22?,23-,24-,26-/m1/s1. The van der Waals surface area contributed by atoms with E-state index in [1.165, 1.54) is 19.4 Å². The molecule has 0 aromatic rings. The number of alkyl halides is 2. The summed E-state index contributed by atoms with van der Waals surface area (Å²) in [5, 5.41) is 30.0. The third-order valence-corrected chi connectivity index (χ3v) is 8.83. The highest BCUT2D eigenvalue weighted by molar-refractivity contribution is 5.29. The van der Waals surface area contributed by atoms with Crippen molar-refractivity contribution >= 4 is 0 Å². The molecule has 182 valence electrons. The summed E-state index contributed by atoms with van der Waals surface area (Å²) in [6, 6.07) is 0. The van der Waals surface area contributed by atoms with Gasteiger partial charge in [-0.3, -0.25) is 0 Å². The van der Waals surface area contributed by atoms with E-state index in [1.54, 1.807) is 0 Å². The fraction of sp³-hybridized carbons (Fsp3) is 0.778. The predicted molar refractivity (Wildman–Crippen MR) is 124 cm³/mol. The summed E-state index contributed by atoms with van der Waals surface area (Å²) in [6.07, 6.45) is 9.55. The van der Waals surface area contributed by atoms with Gasteiger partial charge in [0.15, 0.2) is 0 Å². The molecule has 3 N–H and O–H groups in total. The van der Waals surface area contributed by atoms with E-state index in [0.29, 0.717) is 36.7 Å². The van der Waals surface area contributed by atoms with E-state index >= 15 is 0 Å². The van der Waals surface area contributed by atoms with E-state index in [1.807, 2.05) is 0 Å². The second-order valence-electron chi connectivity index (χ2n) is 11.5. The minimum Gasteiger partial charge on any atom is -0.388 e. The molecular weight excluding hydrogens is 410 g/mol. The lowest BCUT2D eigenvalue weighted by molar-refractivity contribution is -0.168. The zero-order chi connectivity index (χ0) is 23.9. The topological polar surface area (TPSA) is 60.7 Å². The Labute approximate surface area is 192 Å². The summed E-state index contributed by atoms with van der Waals surface area (Å²) in [5.74, 6) is -2.03. The summed E-state index contributed by atoms with van der Waals surface area (Å²) in [4.78, 5) is 0. The van der Waals surface area contributed by atoms with Gasteiger partial charge in [0.25, 0.3) is 5.92 Å². The Kier molecular flexibility index (Phi) is 7.44. The molecule has 0 spiro atoms. The van der Waals surface area contributed by atoms with Gasteiger partial charge in [0.2, 0.25) is 0 Å². The number of rotatable bonds is 6. The highest BCUT2D eigenvalue weighted by Gasteiger charge is 2.51. The van der Waals surface area contributed by atoms with E-state index in [9.17, 15) is 24.1 Å². The summed E-state index contributed by atoms with van der Waals surface area (Å²) < 4.78 is 28.6. The van der Waals surface area contributed by atoms with Gasteiger partial charge in [0.1, 0.15) is 5.60 Å². The van der Waals surface area contributed by atoms with Gasteiger partial charge in [0, 0.05) is 6.42 Å². The molecule has 0 aromatic carbocycles. The molecule has 0 aromatic heterocycles. The number of allylic oxidation sites excluding steroid dienone is 3. The SMILES string of the molecule is C=C1[C@H](O)CC(=C/C=C2\CCC[C@@]3(C)C2CCC3[C@H](C)CCC(F)(F)C(C)(C)O)C[C@H]1O. The minimum atomic E-state index is -3.08. The van der Waals surface area contributed by atoms with Gasteiger partial charge in [-0.05, 0) is 94.0 Å². The first-order chi connectivity index (χ1) is 14.8. The molecule has 3 aliphatic carbocycles. The van der Waals surface area contributed by atoms with Crippen LogP contribution in [0.2, 0.25) is 0 Å². The number of fused-ring (bicyclic) bond motifs is 1. The zero-order valence-electron chi connectivity index (χ0n) is 20.2. The largest absolute Gasteiger partial charge is 0.388 e. The van der Waals surface area contributed by atoms with Crippen LogP contribution >= 0.6 is 0 Å². The van der Waals surface area contributed by atoms with Crippen molar-refractivity contribution < 1.29 is 24.1 Å². The minimum absolute atomic E-state index is 0.117. The lowest BCUT2D eigenvalue weighted by atomic mass is 9.60. The molecule has 0 aliphatic heterocycles. The van der Waals surface area contributed by atoms with Crippen LogP contribution in [0.25, 0.3) is 0 Å². The van der Waals surface area contributed by atoms with Gasteiger partial charge in [-0.1, -0.05) is 43.7 Å². The Hall–Kier alpha value is -1.04. The Bertz CT molecular complexity index is 747. The smallest absolute Gasteiger partial charge is 0.275 e. The summed E-state index contributed by atoms with van der Waals surface area (Å²) in [5.41, 5.74) is 1.11. The maximum absolute atomic E-state index is 14.3. The molecule has 0 radical (unpaired) electrons. The lowest BCUT2D eigenvalue weighted by Crippen LogP contribution is -2.43. The van der Waals surface area contributed by atoms with Gasteiger partial charge in [-0.15, -0.1) is 0 Å². The number of hydrogen-bond acceptors (Lipinski definition) is 3. The molecule has 0 amide bonds. The fourth-order valence-electron chi connectivity index (χ4n) is 6.56. The van der Waals surface area contributed by atoms with Crippen LogP contribution < -0.4 is 0 Å². The van der Waals surface area contributed by atoms with Crippen molar-refractivity contribution in [3.8, 4) is 0 Å².